The highest BCUT2D eigenvalue weighted by molar-refractivity contribution is 5.66. The van der Waals surface area contributed by atoms with E-state index >= 15 is 0 Å². The van der Waals surface area contributed by atoms with Crippen LogP contribution in [0.15, 0.2) is 42.5 Å². The fraction of sp³-hybridized carbons (Fsp3) is 0.400. The normalized spacial score (nSPS) is 17.0. The molecule has 2 heteroatoms. The molecule has 116 valence electrons. The maximum absolute atomic E-state index is 5.66. The highest BCUT2D eigenvalue weighted by Crippen LogP contribution is 2.42. The molecule has 1 atom stereocenters. The van der Waals surface area contributed by atoms with Gasteiger partial charge in [0.2, 0.25) is 0 Å². The molecule has 1 aliphatic rings. The molecular weight excluding hydrogens is 270 g/mol. The maximum atomic E-state index is 5.66. The summed E-state index contributed by atoms with van der Waals surface area (Å²) in [4.78, 5) is 0. The van der Waals surface area contributed by atoms with Gasteiger partial charge in [-0.15, -0.1) is 0 Å². The van der Waals surface area contributed by atoms with Crippen molar-refractivity contribution >= 4 is 5.69 Å². The van der Waals surface area contributed by atoms with Crippen molar-refractivity contribution in [1.82, 2.24) is 0 Å². The summed E-state index contributed by atoms with van der Waals surface area (Å²) in [7, 11) is 1.77. The van der Waals surface area contributed by atoms with Crippen LogP contribution in [0.2, 0.25) is 0 Å². The number of methoxy groups -OCH3 is 1. The smallest absolute Gasteiger partial charge is 0.142 e. The average molecular weight is 295 g/mol. The Hall–Kier alpha value is -1.96. The number of ether oxygens (including phenoxy) is 1. The molecule has 0 fully saturated rings. The lowest BCUT2D eigenvalue weighted by atomic mass is 9.81. The highest BCUT2D eigenvalue weighted by Gasteiger charge is 2.25. The summed E-state index contributed by atoms with van der Waals surface area (Å²) in [5, 5.41) is 3.53. The van der Waals surface area contributed by atoms with E-state index in [0.29, 0.717) is 11.8 Å². The molecule has 2 nitrogen and oxygen atoms in total. The Kier molecular flexibility index (Phi) is 4.37. The number of benzene rings is 2. The van der Waals surface area contributed by atoms with Crippen LogP contribution in [0.1, 0.15) is 42.9 Å². The molecule has 1 aliphatic heterocycles. The lowest BCUT2D eigenvalue weighted by molar-refractivity contribution is 0.409. The first-order valence-electron chi connectivity index (χ1n) is 8.17. The second kappa shape index (κ2) is 6.43. The van der Waals surface area contributed by atoms with E-state index in [-0.39, 0.29) is 0 Å². The minimum absolute atomic E-state index is 0.612. The van der Waals surface area contributed by atoms with Crippen LogP contribution < -0.4 is 10.1 Å². The minimum Gasteiger partial charge on any atom is -0.495 e. The van der Waals surface area contributed by atoms with E-state index in [1.165, 1.54) is 28.8 Å². The Morgan fingerprint density at radius 1 is 1.14 bits per heavy atom. The van der Waals surface area contributed by atoms with Gasteiger partial charge in [-0.25, -0.2) is 0 Å². The van der Waals surface area contributed by atoms with Crippen molar-refractivity contribution in [3.63, 3.8) is 0 Å². The molecule has 0 aliphatic carbocycles. The monoisotopic (exact) mass is 295 g/mol. The van der Waals surface area contributed by atoms with E-state index < -0.39 is 0 Å². The van der Waals surface area contributed by atoms with E-state index in [1.54, 1.807) is 7.11 Å². The van der Waals surface area contributed by atoms with Crippen LogP contribution in [0, 0.1) is 5.92 Å². The summed E-state index contributed by atoms with van der Waals surface area (Å²) in [6.45, 7) is 5.66. The summed E-state index contributed by atoms with van der Waals surface area (Å²) < 4.78 is 5.66. The summed E-state index contributed by atoms with van der Waals surface area (Å²) in [5.74, 6) is 2.24. The zero-order valence-electron chi connectivity index (χ0n) is 13.7. The largest absolute Gasteiger partial charge is 0.495 e. The van der Waals surface area contributed by atoms with E-state index in [4.69, 9.17) is 4.74 Å². The molecule has 0 amide bonds. The van der Waals surface area contributed by atoms with Gasteiger partial charge in [-0.2, -0.15) is 0 Å². The average Bonchev–Trinajstić information content (AvgIpc) is 2.54. The van der Waals surface area contributed by atoms with Crippen molar-refractivity contribution in [2.45, 2.75) is 32.6 Å². The molecule has 0 saturated heterocycles. The van der Waals surface area contributed by atoms with Crippen molar-refractivity contribution in [1.29, 1.82) is 0 Å². The minimum atomic E-state index is 0.612. The number of nitrogens with one attached hydrogen (secondary N) is 1. The second-order valence-corrected chi connectivity index (χ2v) is 6.49. The van der Waals surface area contributed by atoms with Crippen LogP contribution in [0.25, 0.3) is 0 Å². The first-order valence-corrected chi connectivity index (χ1v) is 8.17. The standard InChI is InChI=1S/C20H25NO/c1-14(2)17-9-10-21-20-18(17)12-16(13-19(20)22-3)11-15-7-5-4-6-8-15/h4-8,12-14,17,21H,9-11H2,1-3H3. The van der Waals surface area contributed by atoms with Crippen LogP contribution in [0.4, 0.5) is 5.69 Å². The van der Waals surface area contributed by atoms with Crippen LogP contribution in [-0.4, -0.2) is 13.7 Å². The molecule has 0 radical (unpaired) electrons. The van der Waals surface area contributed by atoms with Gasteiger partial charge in [-0.05, 0) is 47.4 Å². The summed E-state index contributed by atoms with van der Waals surface area (Å²) in [6, 6.07) is 15.2. The topological polar surface area (TPSA) is 21.3 Å². The fourth-order valence-corrected chi connectivity index (χ4v) is 3.47. The zero-order valence-corrected chi connectivity index (χ0v) is 13.7. The molecule has 2 aromatic rings. The molecule has 3 rings (SSSR count). The lowest BCUT2D eigenvalue weighted by Crippen LogP contribution is -2.21. The SMILES string of the molecule is COc1cc(Cc2ccccc2)cc2c1NCCC2C(C)C. The van der Waals surface area contributed by atoms with E-state index in [2.05, 4.69) is 61.6 Å². The molecule has 22 heavy (non-hydrogen) atoms. The van der Waals surface area contributed by atoms with Gasteiger partial charge in [0.25, 0.3) is 0 Å². The molecule has 1 heterocycles. The predicted molar refractivity (Wildman–Crippen MR) is 92.9 cm³/mol. The molecule has 0 saturated carbocycles. The first-order chi connectivity index (χ1) is 10.7. The molecule has 1 N–H and O–H groups in total. The fourth-order valence-electron chi connectivity index (χ4n) is 3.47. The van der Waals surface area contributed by atoms with E-state index in [9.17, 15) is 0 Å². The molecule has 0 aromatic heterocycles. The van der Waals surface area contributed by atoms with E-state index in [1.807, 2.05) is 0 Å². The van der Waals surface area contributed by atoms with Gasteiger partial charge in [-0.3, -0.25) is 0 Å². The van der Waals surface area contributed by atoms with Gasteiger partial charge in [-0.1, -0.05) is 50.2 Å². The Bertz CT molecular complexity index is 634. The Labute approximate surface area is 133 Å². The molecule has 0 spiro atoms. The van der Waals surface area contributed by atoms with E-state index in [0.717, 1.165) is 18.7 Å². The number of fused-ring (bicyclic) bond motifs is 1. The van der Waals surface area contributed by atoms with Gasteiger partial charge in [0.15, 0.2) is 0 Å². The van der Waals surface area contributed by atoms with Crippen molar-refractivity contribution in [3.05, 3.63) is 59.2 Å². The van der Waals surface area contributed by atoms with Crippen molar-refractivity contribution < 1.29 is 4.74 Å². The van der Waals surface area contributed by atoms with Crippen LogP contribution in [-0.2, 0) is 6.42 Å². The number of rotatable bonds is 4. The molecule has 1 unspecified atom stereocenters. The molecule has 2 aromatic carbocycles. The van der Waals surface area contributed by atoms with Gasteiger partial charge in [0.1, 0.15) is 5.75 Å². The predicted octanol–water partition coefficient (Wildman–Crippen LogP) is 4.84. The molecular formula is C20H25NO. The van der Waals surface area contributed by atoms with Crippen molar-refractivity contribution in [2.75, 3.05) is 19.0 Å². The van der Waals surface area contributed by atoms with Crippen molar-refractivity contribution in [3.8, 4) is 5.75 Å². The van der Waals surface area contributed by atoms with Crippen molar-refractivity contribution in [2.24, 2.45) is 5.92 Å². The highest BCUT2D eigenvalue weighted by atomic mass is 16.5. The van der Waals surface area contributed by atoms with Gasteiger partial charge in [0.05, 0.1) is 12.8 Å². The Morgan fingerprint density at radius 3 is 2.59 bits per heavy atom. The third-order valence-electron chi connectivity index (χ3n) is 4.62. The number of hydrogen-bond donors (Lipinski definition) is 1. The maximum Gasteiger partial charge on any atom is 0.142 e. The van der Waals surface area contributed by atoms with Crippen LogP contribution >= 0.6 is 0 Å². The van der Waals surface area contributed by atoms with Gasteiger partial charge < -0.3 is 10.1 Å². The Balaban J connectivity index is 2.00. The third kappa shape index (κ3) is 2.96. The van der Waals surface area contributed by atoms with Gasteiger partial charge >= 0.3 is 0 Å². The van der Waals surface area contributed by atoms with Crippen LogP contribution in [0.5, 0.6) is 5.75 Å². The summed E-state index contributed by atoms with van der Waals surface area (Å²) >= 11 is 0. The lowest BCUT2D eigenvalue weighted by Gasteiger charge is -2.31. The quantitative estimate of drug-likeness (QED) is 0.871. The summed E-state index contributed by atoms with van der Waals surface area (Å²) in [6.07, 6.45) is 2.15. The van der Waals surface area contributed by atoms with Crippen LogP contribution in [0.3, 0.4) is 0 Å². The Morgan fingerprint density at radius 2 is 1.91 bits per heavy atom. The third-order valence-corrected chi connectivity index (χ3v) is 4.62. The number of anilines is 1. The second-order valence-electron chi connectivity index (χ2n) is 6.49. The zero-order chi connectivity index (χ0) is 15.5. The number of hydrogen-bond acceptors (Lipinski definition) is 2. The summed E-state index contributed by atoms with van der Waals surface area (Å²) in [5.41, 5.74) is 5.29. The molecule has 0 bridgehead atoms. The first kappa shape index (κ1) is 15.0. The van der Waals surface area contributed by atoms with Gasteiger partial charge in [0, 0.05) is 6.54 Å².